The number of aromatic nitrogens is 3. The van der Waals surface area contributed by atoms with Crippen molar-refractivity contribution in [1.29, 1.82) is 0 Å². The van der Waals surface area contributed by atoms with Gasteiger partial charge in [0.05, 0.1) is 5.69 Å². The van der Waals surface area contributed by atoms with E-state index in [1.807, 2.05) is 0 Å². The lowest BCUT2D eigenvalue weighted by Gasteiger charge is -2.02. The summed E-state index contributed by atoms with van der Waals surface area (Å²) in [6.45, 7) is 1.75. The van der Waals surface area contributed by atoms with Crippen LogP contribution in [0, 0.1) is 6.92 Å². The van der Waals surface area contributed by atoms with E-state index in [0.717, 1.165) is 0 Å². The lowest BCUT2D eigenvalue weighted by molar-refractivity contribution is 0.499. The highest BCUT2D eigenvalue weighted by atomic mass is 16.3. The molecule has 3 aromatic rings. The zero-order valence-corrected chi connectivity index (χ0v) is 10.7. The number of nitrogens with zero attached hydrogens (tertiary/aromatic N) is 2. The molecule has 0 unspecified atom stereocenters. The van der Waals surface area contributed by atoms with Crippen LogP contribution in [0.5, 0.6) is 0 Å². The van der Waals surface area contributed by atoms with Crippen LogP contribution >= 0.6 is 0 Å². The smallest absolute Gasteiger partial charge is 0.328 e. The summed E-state index contributed by atoms with van der Waals surface area (Å²) in [5.74, 6) is 0.353. The van der Waals surface area contributed by atoms with Gasteiger partial charge in [-0.05, 0) is 19.1 Å². The number of para-hydroxylation sites is 1. The van der Waals surface area contributed by atoms with Crippen molar-refractivity contribution >= 4 is 16.8 Å². The minimum atomic E-state index is -0.504. The summed E-state index contributed by atoms with van der Waals surface area (Å²) in [5, 5.41) is 0. The fourth-order valence-electron chi connectivity index (χ4n) is 1.97. The van der Waals surface area contributed by atoms with Gasteiger partial charge in [-0.1, -0.05) is 6.07 Å². The number of aromatic amines is 1. The monoisotopic (exact) mass is 272 g/mol. The average Bonchev–Trinajstić information content (AvgIpc) is 2.80. The molecule has 0 saturated carbocycles. The molecule has 2 aromatic heterocycles. The molecule has 0 aliphatic rings. The first-order chi connectivity index (χ1) is 9.54. The third kappa shape index (κ3) is 1.99. The normalized spacial score (nSPS) is 11.1. The maximum Gasteiger partial charge on any atom is 0.328 e. The summed E-state index contributed by atoms with van der Waals surface area (Å²) in [6, 6.07) is 5.25. The molecule has 0 aliphatic heterocycles. The van der Waals surface area contributed by atoms with E-state index in [2.05, 4.69) is 9.97 Å². The van der Waals surface area contributed by atoms with Gasteiger partial charge in [0.1, 0.15) is 12.1 Å². The number of hydrogen-bond acceptors (Lipinski definition) is 5. The van der Waals surface area contributed by atoms with Crippen molar-refractivity contribution in [3.05, 3.63) is 56.7 Å². The predicted octanol–water partition coefficient (Wildman–Crippen LogP) is 0.617. The molecule has 20 heavy (non-hydrogen) atoms. The number of benzene rings is 1. The number of nitrogens with two attached hydrogens (primary N) is 1. The third-order valence-corrected chi connectivity index (χ3v) is 2.99. The van der Waals surface area contributed by atoms with Gasteiger partial charge in [0.15, 0.2) is 5.58 Å². The number of fused-ring (bicyclic) bond motifs is 1. The number of anilines is 1. The van der Waals surface area contributed by atoms with Gasteiger partial charge in [0.2, 0.25) is 5.89 Å². The van der Waals surface area contributed by atoms with Crippen molar-refractivity contribution in [2.24, 2.45) is 0 Å². The van der Waals surface area contributed by atoms with E-state index < -0.39 is 11.2 Å². The van der Waals surface area contributed by atoms with E-state index in [1.54, 1.807) is 25.1 Å². The molecular formula is C13H12N4O3. The first-order valence-corrected chi connectivity index (χ1v) is 5.99. The first kappa shape index (κ1) is 12.2. The number of rotatable bonds is 2. The number of aryl methyl sites for hydroxylation is 1. The van der Waals surface area contributed by atoms with Crippen LogP contribution in [0.25, 0.3) is 11.1 Å². The first-order valence-electron chi connectivity index (χ1n) is 5.99. The van der Waals surface area contributed by atoms with Crippen molar-refractivity contribution < 1.29 is 4.42 Å². The molecule has 3 N–H and O–H groups in total. The quantitative estimate of drug-likeness (QED) is 0.665. The Kier molecular flexibility index (Phi) is 2.67. The topological polar surface area (TPSA) is 107 Å². The number of nitrogen functional groups attached to an aromatic ring is 1. The Morgan fingerprint density at radius 3 is 2.95 bits per heavy atom. The molecule has 102 valence electrons. The molecule has 2 heterocycles. The lowest BCUT2D eigenvalue weighted by Crippen LogP contribution is -2.31. The summed E-state index contributed by atoms with van der Waals surface area (Å²) >= 11 is 0. The summed E-state index contributed by atoms with van der Waals surface area (Å²) in [6.07, 6.45) is 1.47. The van der Waals surface area contributed by atoms with Crippen LogP contribution in [-0.2, 0) is 6.54 Å². The van der Waals surface area contributed by atoms with Gasteiger partial charge in [-0.25, -0.2) is 9.78 Å². The van der Waals surface area contributed by atoms with Gasteiger partial charge < -0.3 is 10.2 Å². The molecule has 7 heteroatoms. The second-order valence-corrected chi connectivity index (χ2v) is 4.50. The molecule has 0 bridgehead atoms. The highest BCUT2D eigenvalue weighted by molar-refractivity contribution is 5.85. The van der Waals surface area contributed by atoms with Gasteiger partial charge in [0.25, 0.3) is 5.56 Å². The van der Waals surface area contributed by atoms with Gasteiger partial charge in [-0.2, -0.15) is 0 Å². The predicted molar refractivity (Wildman–Crippen MR) is 73.6 cm³/mol. The summed E-state index contributed by atoms with van der Waals surface area (Å²) in [7, 11) is 0. The number of hydrogen-bond donors (Lipinski definition) is 2. The molecule has 0 spiro atoms. The molecule has 3 rings (SSSR count). The Morgan fingerprint density at radius 1 is 1.40 bits per heavy atom. The van der Waals surface area contributed by atoms with E-state index in [4.69, 9.17) is 10.2 Å². The second kappa shape index (κ2) is 4.37. The standard InChI is InChI=1S/C13H12N4O3/c1-7-5-17(13(19)16-12(7)18)6-10-15-11-8(14)3-2-4-9(11)20-10/h2-5H,6,14H2,1H3,(H,16,18,19). The molecule has 0 amide bonds. The molecule has 1 aromatic carbocycles. The highest BCUT2D eigenvalue weighted by Gasteiger charge is 2.10. The van der Waals surface area contributed by atoms with E-state index in [0.29, 0.717) is 28.2 Å². The van der Waals surface area contributed by atoms with Crippen molar-refractivity contribution in [3.63, 3.8) is 0 Å². The molecular weight excluding hydrogens is 260 g/mol. The number of H-pyrrole nitrogens is 1. The zero-order valence-electron chi connectivity index (χ0n) is 10.7. The fraction of sp³-hybridized carbons (Fsp3) is 0.154. The fourth-order valence-corrected chi connectivity index (χ4v) is 1.97. The van der Waals surface area contributed by atoms with Gasteiger partial charge in [0, 0.05) is 11.8 Å². The maximum atomic E-state index is 11.7. The van der Waals surface area contributed by atoms with Crippen LogP contribution in [0.15, 0.2) is 38.4 Å². The third-order valence-electron chi connectivity index (χ3n) is 2.99. The Morgan fingerprint density at radius 2 is 2.20 bits per heavy atom. The molecule has 0 fully saturated rings. The molecule has 0 aliphatic carbocycles. The van der Waals surface area contributed by atoms with Gasteiger partial charge in [-0.15, -0.1) is 0 Å². The van der Waals surface area contributed by atoms with Crippen molar-refractivity contribution in [2.75, 3.05) is 5.73 Å². The maximum absolute atomic E-state index is 11.7. The van der Waals surface area contributed by atoms with Crippen LogP contribution in [0.1, 0.15) is 11.5 Å². The largest absolute Gasteiger partial charge is 0.439 e. The van der Waals surface area contributed by atoms with Crippen LogP contribution in [0.2, 0.25) is 0 Å². The Labute approximate surface area is 112 Å². The highest BCUT2D eigenvalue weighted by Crippen LogP contribution is 2.21. The van der Waals surface area contributed by atoms with Crippen LogP contribution in [0.3, 0.4) is 0 Å². The van der Waals surface area contributed by atoms with E-state index in [1.165, 1.54) is 10.8 Å². The van der Waals surface area contributed by atoms with Gasteiger partial charge in [-0.3, -0.25) is 14.3 Å². The number of nitrogens with one attached hydrogen (secondary N) is 1. The van der Waals surface area contributed by atoms with Crippen LogP contribution in [0.4, 0.5) is 5.69 Å². The average molecular weight is 272 g/mol. The zero-order chi connectivity index (χ0) is 14.3. The minimum absolute atomic E-state index is 0.130. The van der Waals surface area contributed by atoms with E-state index >= 15 is 0 Å². The number of oxazole rings is 1. The Hall–Kier alpha value is -2.83. The SMILES string of the molecule is Cc1cn(Cc2nc3c(N)cccc3o2)c(=O)[nH]c1=O. The molecule has 0 radical (unpaired) electrons. The van der Waals surface area contributed by atoms with Crippen molar-refractivity contribution in [3.8, 4) is 0 Å². The van der Waals surface area contributed by atoms with Gasteiger partial charge >= 0.3 is 5.69 Å². The summed E-state index contributed by atoms with van der Waals surface area (Å²) in [4.78, 5) is 29.5. The second-order valence-electron chi connectivity index (χ2n) is 4.50. The van der Waals surface area contributed by atoms with Crippen molar-refractivity contribution in [1.82, 2.24) is 14.5 Å². The van der Waals surface area contributed by atoms with E-state index in [9.17, 15) is 9.59 Å². The minimum Gasteiger partial charge on any atom is -0.439 e. The molecule has 7 nitrogen and oxygen atoms in total. The molecule has 0 atom stereocenters. The summed E-state index contributed by atoms with van der Waals surface area (Å²) in [5.41, 5.74) is 6.99. The van der Waals surface area contributed by atoms with Crippen LogP contribution < -0.4 is 17.0 Å². The van der Waals surface area contributed by atoms with Crippen LogP contribution in [-0.4, -0.2) is 14.5 Å². The van der Waals surface area contributed by atoms with E-state index in [-0.39, 0.29) is 6.54 Å². The Bertz CT molecular complexity index is 904. The van der Waals surface area contributed by atoms with Crippen molar-refractivity contribution in [2.45, 2.75) is 13.5 Å². The lowest BCUT2D eigenvalue weighted by atomic mass is 10.3. The Balaban J connectivity index is 2.05. The summed E-state index contributed by atoms with van der Waals surface area (Å²) < 4.78 is 6.87. The molecule has 0 saturated heterocycles.